The fourth-order valence-electron chi connectivity index (χ4n) is 1.70. The van der Waals surface area contributed by atoms with Crippen molar-refractivity contribution in [1.29, 1.82) is 0 Å². The van der Waals surface area contributed by atoms with E-state index in [4.69, 9.17) is 10.5 Å². The van der Waals surface area contributed by atoms with Gasteiger partial charge in [-0.1, -0.05) is 6.07 Å². The van der Waals surface area contributed by atoms with Crippen LogP contribution in [0.2, 0.25) is 0 Å². The molecule has 0 aliphatic heterocycles. The summed E-state index contributed by atoms with van der Waals surface area (Å²) in [5.74, 6) is 0.911. The predicted octanol–water partition coefficient (Wildman–Crippen LogP) is 2.62. The minimum atomic E-state index is 0. The SMILES string of the molecule is COc1ccc(CCC(=O)N(C)C(C)CN)cc1Br.Cl. The number of carbonyl (C=O) groups excluding carboxylic acids is 1. The number of rotatable bonds is 6. The Labute approximate surface area is 135 Å². The smallest absolute Gasteiger partial charge is 0.222 e. The van der Waals surface area contributed by atoms with Crippen molar-refractivity contribution in [2.24, 2.45) is 5.73 Å². The molecule has 114 valence electrons. The second kappa shape index (κ2) is 9.21. The highest BCUT2D eigenvalue weighted by Crippen LogP contribution is 2.26. The summed E-state index contributed by atoms with van der Waals surface area (Å²) in [6.45, 7) is 2.43. The first-order valence-corrected chi connectivity index (χ1v) is 7.07. The van der Waals surface area contributed by atoms with E-state index in [2.05, 4.69) is 15.9 Å². The molecule has 20 heavy (non-hydrogen) atoms. The number of aryl methyl sites for hydroxylation is 1. The summed E-state index contributed by atoms with van der Waals surface area (Å²) in [5, 5.41) is 0. The number of ether oxygens (including phenoxy) is 1. The third kappa shape index (κ3) is 5.31. The topological polar surface area (TPSA) is 55.6 Å². The van der Waals surface area contributed by atoms with E-state index in [1.807, 2.05) is 25.1 Å². The van der Waals surface area contributed by atoms with Gasteiger partial charge in [0.05, 0.1) is 11.6 Å². The Morgan fingerprint density at radius 2 is 2.15 bits per heavy atom. The van der Waals surface area contributed by atoms with Crippen LogP contribution in [-0.4, -0.2) is 37.6 Å². The van der Waals surface area contributed by atoms with Gasteiger partial charge in [-0.3, -0.25) is 4.79 Å². The van der Waals surface area contributed by atoms with Gasteiger partial charge in [-0.2, -0.15) is 0 Å². The molecule has 0 aromatic heterocycles. The van der Waals surface area contributed by atoms with Gasteiger partial charge in [-0.05, 0) is 47.0 Å². The molecule has 0 fully saturated rings. The van der Waals surface area contributed by atoms with Crippen LogP contribution in [0.25, 0.3) is 0 Å². The van der Waals surface area contributed by atoms with Gasteiger partial charge in [0.1, 0.15) is 5.75 Å². The summed E-state index contributed by atoms with van der Waals surface area (Å²) in [6.07, 6.45) is 1.20. The Balaban J connectivity index is 0.00000361. The number of nitrogens with two attached hydrogens (primary N) is 1. The number of methoxy groups -OCH3 is 1. The van der Waals surface area contributed by atoms with Gasteiger partial charge in [-0.15, -0.1) is 12.4 Å². The van der Waals surface area contributed by atoms with E-state index in [0.717, 1.165) is 15.8 Å². The van der Waals surface area contributed by atoms with Crippen molar-refractivity contribution >= 4 is 34.2 Å². The lowest BCUT2D eigenvalue weighted by Gasteiger charge is -2.23. The maximum absolute atomic E-state index is 12.0. The summed E-state index contributed by atoms with van der Waals surface area (Å²) in [6, 6.07) is 5.94. The second-order valence-corrected chi connectivity index (χ2v) is 5.41. The van der Waals surface area contributed by atoms with Crippen LogP contribution in [0.15, 0.2) is 22.7 Å². The maximum atomic E-state index is 12.0. The van der Waals surface area contributed by atoms with E-state index in [1.165, 1.54) is 0 Å². The molecule has 1 amide bonds. The number of benzene rings is 1. The summed E-state index contributed by atoms with van der Waals surface area (Å²) in [7, 11) is 3.43. The number of hydrogen-bond acceptors (Lipinski definition) is 3. The normalized spacial score (nSPS) is 11.4. The molecule has 0 saturated heterocycles. The lowest BCUT2D eigenvalue weighted by atomic mass is 10.1. The molecule has 0 radical (unpaired) electrons. The van der Waals surface area contributed by atoms with E-state index in [1.54, 1.807) is 19.1 Å². The van der Waals surface area contributed by atoms with E-state index in [9.17, 15) is 4.79 Å². The zero-order chi connectivity index (χ0) is 14.4. The highest BCUT2D eigenvalue weighted by molar-refractivity contribution is 9.10. The third-order valence-corrected chi connectivity index (χ3v) is 3.86. The summed E-state index contributed by atoms with van der Waals surface area (Å²) in [5.41, 5.74) is 6.66. The van der Waals surface area contributed by atoms with Gasteiger partial charge in [0.15, 0.2) is 0 Å². The van der Waals surface area contributed by atoms with Crippen LogP contribution in [0.5, 0.6) is 5.75 Å². The first kappa shape index (κ1) is 19.2. The fraction of sp³-hybridized carbons (Fsp3) is 0.500. The lowest BCUT2D eigenvalue weighted by Crippen LogP contribution is -2.39. The Bertz CT molecular complexity index is 443. The van der Waals surface area contributed by atoms with Gasteiger partial charge >= 0.3 is 0 Å². The summed E-state index contributed by atoms with van der Waals surface area (Å²) < 4.78 is 6.08. The standard InChI is InChI=1S/C14H21BrN2O2.ClH/c1-10(9-16)17(2)14(18)7-5-11-4-6-13(19-3)12(15)8-11;/h4,6,8,10H,5,7,9,16H2,1-3H3;1H. The first-order chi connectivity index (χ1) is 8.99. The molecule has 0 aliphatic carbocycles. The molecule has 0 saturated carbocycles. The van der Waals surface area contributed by atoms with Crippen LogP contribution in [0.4, 0.5) is 0 Å². The van der Waals surface area contributed by atoms with Crippen LogP contribution >= 0.6 is 28.3 Å². The molecule has 0 bridgehead atoms. The second-order valence-electron chi connectivity index (χ2n) is 4.56. The molecule has 4 nitrogen and oxygen atoms in total. The number of hydrogen-bond donors (Lipinski definition) is 1. The van der Waals surface area contributed by atoms with Crippen LogP contribution in [0, 0.1) is 0 Å². The zero-order valence-electron chi connectivity index (χ0n) is 12.1. The fourth-order valence-corrected chi connectivity index (χ4v) is 2.29. The molecule has 0 spiro atoms. The summed E-state index contributed by atoms with van der Waals surface area (Å²) in [4.78, 5) is 13.7. The van der Waals surface area contributed by atoms with E-state index < -0.39 is 0 Å². The molecule has 1 atom stereocenters. The number of carbonyl (C=O) groups is 1. The van der Waals surface area contributed by atoms with E-state index in [-0.39, 0.29) is 24.4 Å². The number of likely N-dealkylation sites (N-methyl/N-ethyl adjacent to an activating group) is 1. The molecule has 1 rings (SSSR count). The van der Waals surface area contributed by atoms with Crippen molar-refractivity contribution < 1.29 is 9.53 Å². The van der Waals surface area contributed by atoms with Crippen LogP contribution in [0.1, 0.15) is 18.9 Å². The Morgan fingerprint density at radius 1 is 1.50 bits per heavy atom. The lowest BCUT2D eigenvalue weighted by molar-refractivity contribution is -0.131. The molecule has 1 aromatic rings. The number of amides is 1. The Kier molecular flexibility index (Phi) is 8.85. The molecule has 0 aliphatic rings. The van der Waals surface area contributed by atoms with Crippen molar-refractivity contribution in [1.82, 2.24) is 4.90 Å². The van der Waals surface area contributed by atoms with Gasteiger partial charge in [-0.25, -0.2) is 0 Å². The number of nitrogens with zero attached hydrogens (tertiary/aromatic N) is 1. The molecule has 1 unspecified atom stereocenters. The van der Waals surface area contributed by atoms with E-state index in [0.29, 0.717) is 19.4 Å². The minimum absolute atomic E-state index is 0. The molecule has 2 N–H and O–H groups in total. The summed E-state index contributed by atoms with van der Waals surface area (Å²) >= 11 is 3.44. The zero-order valence-corrected chi connectivity index (χ0v) is 14.5. The monoisotopic (exact) mass is 364 g/mol. The highest BCUT2D eigenvalue weighted by Gasteiger charge is 2.14. The molecular formula is C14H22BrClN2O2. The van der Waals surface area contributed by atoms with Gasteiger partial charge < -0.3 is 15.4 Å². The van der Waals surface area contributed by atoms with Crippen molar-refractivity contribution in [3.8, 4) is 5.75 Å². The Hall–Kier alpha value is -0.780. The average Bonchev–Trinajstić information content (AvgIpc) is 2.43. The average molecular weight is 366 g/mol. The minimum Gasteiger partial charge on any atom is -0.496 e. The molecule has 1 aromatic carbocycles. The Morgan fingerprint density at radius 3 is 2.65 bits per heavy atom. The highest BCUT2D eigenvalue weighted by atomic mass is 79.9. The number of halogens is 2. The van der Waals surface area contributed by atoms with E-state index >= 15 is 0 Å². The van der Waals surface area contributed by atoms with Crippen LogP contribution in [-0.2, 0) is 11.2 Å². The molecule has 0 heterocycles. The predicted molar refractivity (Wildman–Crippen MR) is 87.5 cm³/mol. The van der Waals surface area contributed by atoms with Crippen molar-refractivity contribution in [3.05, 3.63) is 28.2 Å². The largest absolute Gasteiger partial charge is 0.496 e. The molecule has 6 heteroatoms. The third-order valence-electron chi connectivity index (χ3n) is 3.24. The van der Waals surface area contributed by atoms with Crippen molar-refractivity contribution in [2.75, 3.05) is 20.7 Å². The van der Waals surface area contributed by atoms with Crippen molar-refractivity contribution in [2.45, 2.75) is 25.8 Å². The van der Waals surface area contributed by atoms with Gasteiger partial charge in [0.25, 0.3) is 0 Å². The van der Waals surface area contributed by atoms with Crippen molar-refractivity contribution in [3.63, 3.8) is 0 Å². The van der Waals surface area contributed by atoms with Gasteiger partial charge in [0, 0.05) is 26.1 Å². The molecular weight excluding hydrogens is 344 g/mol. The quantitative estimate of drug-likeness (QED) is 0.843. The first-order valence-electron chi connectivity index (χ1n) is 6.27. The van der Waals surface area contributed by atoms with Gasteiger partial charge in [0.2, 0.25) is 5.91 Å². The van der Waals surface area contributed by atoms with Crippen LogP contribution in [0.3, 0.4) is 0 Å². The van der Waals surface area contributed by atoms with Crippen LogP contribution < -0.4 is 10.5 Å². The maximum Gasteiger partial charge on any atom is 0.222 e.